The first-order chi connectivity index (χ1) is 10.1. The van der Waals surface area contributed by atoms with Crippen LogP contribution in [-0.2, 0) is 6.42 Å². The average Bonchev–Trinajstić information content (AvgIpc) is 2.48. The second-order valence-corrected chi connectivity index (χ2v) is 6.52. The van der Waals surface area contributed by atoms with E-state index in [1.807, 2.05) is 0 Å². The van der Waals surface area contributed by atoms with Crippen LogP contribution < -0.4 is 10.1 Å². The predicted octanol–water partition coefficient (Wildman–Crippen LogP) is 2.79. The van der Waals surface area contributed by atoms with Gasteiger partial charge in [-0.1, -0.05) is 19.9 Å². The molecule has 1 aromatic rings. The molecule has 0 saturated carbocycles. The Bertz CT molecular complexity index is 451. The van der Waals surface area contributed by atoms with Crippen LogP contribution in [0.15, 0.2) is 12.1 Å². The van der Waals surface area contributed by atoms with E-state index in [-0.39, 0.29) is 0 Å². The van der Waals surface area contributed by atoms with E-state index in [0.717, 1.165) is 38.4 Å². The Labute approximate surface area is 129 Å². The highest BCUT2D eigenvalue weighted by Gasteiger charge is 2.12. The number of nitrogens with one attached hydrogen (secondary N) is 1. The molecule has 1 aromatic carbocycles. The Kier molecular flexibility index (Phi) is 6.07. The molecule has 1 fully saturated rings. The summed E-state index contributed by atoms with van der Waals surface area (Å²) in [6.07, 6.45) is 1.14. The van der Waals surface area contributed by atoms with Gasteiger partial charge in [-0.05, 0) is 48.9 Å². The maximum absolute atomic E-state index is 5.91. The second kappa shape index (κ2) is 7.81. The molecule has 0 unspecified atom stereocenters. The molecule has 1 N–H and O–H groups in total. The lowest BCUT2D eigenvalue weighted by Crippen LogP contribution is -2.44. The fourth-order valence-electron chi connectivity index (χ4n) is 2.75. The second-order valence-electron chi connectivity index (χ2n) is 6.52. The van der Waals surface area contributed by atoms with Crippen molar-refractivity contribution < 1.29 is 4.74 Å². The SMILES string of the molecule is Cc1c(CCN2CCNCC2)ccc(OCC(C)C)c1C. The Hall–Kier alpha value is -1.06. The molecular formula is C18H30N2O. The van der Waals surface area contributed by atoms with Crippen molar-refractivity contribution in [2.75, 3.05) is 39.3 Å². The number of hydrogen-bond donors (Lipinski definition) is 1. The van der Waals surface area contributed by atoms with E-state index in [4.69, 9.17) is 4.74 Å². The summed E-state index contributed by atoms with van der Waals surface area (Å²) >= 11 is 0. The van der Waals surface area contributed by atoms with Crippen molar-refractivity contribution >= 4 is 0 Å². The molecule has 1 heterocycles. The molecule has 0 amide bonds. The lowest BCUT2D eigenvalue weighted by molar-refractivity contribution is 0.243. The lowest BCUT2D eigenvalue weighted by atomic mass is 9.99. The highest BCUT2D eigenvalue weighted by Crippen LogP contribution is 2.25. The van der Waals surface area contributed by atoms with Crippen LogP contribution in [0.1, 0.15) is 30.5 Å². The molecule has 21 heavy (non-hydrogen) atoms. The Morgan fingerprint density at radius 1 is 1.14 bits per heavy atom. The van der Waals surface area contributed by atoms with Gasteiger partial charge < -0.3 is 15.0 Å². The summed E-state index contributed by atoms with van der Waals surface area (Å²) in [6, 6.07) is 4.40. The van der Waals surface area contributed by atoms with Crippen molar-refractivity contribution in [3.63, 3.8) is 0 Å². The third-order valence-electron chi connectivity index (χ3n) is 4.33. The Balaban J connectivity index is 1.95. The minimum absolute atomic E-state index is 0.567. The minimum atomic E-state index is 0.567. The quantitative estimate of drug-likeness (QED) is 0.872. The first kappa shape index (κ1) is 16.3. The fourth-order valence-corrected chi connectivity index (χ4v) is 2.75. The number of rotatable bonds is 6. The van der Waals surface area contributed by atoms with E-state index in [1.165, 1.54) is 29.8 Å². The summed E-state index contributed by atoms with van der Waals surface area (Å²) < 4.78 is 5.91. The maximum atomic E-state index is 5.91. The molecule has 0 aliphatic carbocycles. The standard InChI is InChI=1S/C18H30N2O/c1-14(2)13-21-18-6-5-17(15(3)16(18)4)7-10-20-11-8-19-9-12-20/h5-6,14,19H,7-13H2,1-4H3. The average molecular weight is 290 g/mol. The van der Waals surface area contributed by atoms with Crippen molar-refractivity contribution in [2.45, 2.75) is 34.1 Å². The topological polar surface area (TPSA) is 24.5 Å². The van der Waals surface area contributed by atoms with Crippen LogP contribution >= 0.6 is 0 Å². The predicted molar refractivity (Wildman–Crippen MR) is 89.3 cm³/mol. The number of ether oxygens (including phenoxy) is 1. The molecule has 0 spiro atoms. The van der Waals surface area contributed by atoms with Crippen molar-refractivity contribution in [1.82, 2.24) is 10.2 Å². The number of piperazine rings is 1. The maximum Gasteiger partial charge on any atom is 0.122 e. The highest BCUT2D eigenvalue weighted by atomic mass is 16.5. The van der Waals surface area contributed by atoms with E-state index in [9.17, 15) is 0 Å². The number of nitrogens with zero attached hydrogens (tertiary/aromatic N) is 1. The summed E-state index contributed by atoms with van der Waals surface area (Å²) in [5, 5.41) is 3.41. The minimum Gasteiger partial charge on any atom is -0.493 e. The van der Waals surface area contributed by atoms with Crippen LogP contribution in [0.25, 0.3) is 0 Å². The van der Waals surface area contributed by atoms with Gasteiger partial charge in [0, 0.05) is 32.7 Å². The summed E-state index contributed by atoms with van der Waals surface area (Å²) in [4.78, 5) is 2.55. The van der Waals surface area contributed by atoms with Gasteiger partial charge in [-0.25, -0.2) is 0 Å². The fraction of sp³-hybridized carbons (Fsp3) is 0.667. The zero-order valence-corrected chi connectivity index (χ0v) is 14.0. The normalized spacial score (nSPS) is 16.4. The Morgan fingerprint density at radius 3 is 2.52 bits per heavy atom. The van der Waals surface area contributed by atoms with Crippen LogP contribution in [0.5, 0.6) is 5.75 Å². The molecule has 118 valence electrons. The van der Waals surface area contributed by atoms with Crippen molar-refractivity contribution in [1.29, 1.82) is 0 Å². The smallest absolute Gasteiger partial charge is 0.122 e. The van der Waals surface area contributed by atoms with Gasteiger partial charge in [-0.15, -0.1) is 0 Å². The van der Waals surface area contributed by atoms with Crippen LogP contribution in [-0.4, -0.2) is 44.2 Å². The third-order valence-corrected chi connectivity index (χ3v) is 4.33. The zero-order chi connectivity index (χ0) is 15.2. The monoisotopic (exact) mass is 290 g/mol. The van der Waals surface area contributed by atoms with Crippen LogP contribution in [0.4, 0.5) is 0 Å². The number of hydrogen-bond acceptors (Lipinski definition) is 3. The number of benzene rings is 1. The van der Waals surface area contributed by atoms with Gasteiger partial charge in [0.05, 0.1) is 6.61 Å². The van der Waals surface area contributed by atoms with E-state index in [0.29, 0.717) is 5.92 Å². The van der Waals surface area contributed by atoms with Gasteiger partial charge in [0.15, 0.2) is 0 Å². The molecule has 1 aliphatic rings. The summed E-state index contributed by atoms with van der Waals surface area (Å²) in [6.45, 7) is 15.3. The molecule has 3 nitrogen and oxygen atoms in total. The lowest BCUT2D eigenvalue weighted by Gasteiger charge is -2.27. The van der Waals surface area contributed by atoms with Gasteiger partial charge in [0.25, 0.3) is 0 Å². The molecule has 0 radical (unpaired) electrons. The Morgan fingerprint density at radius 2 is 1.86 bits per heavy atom. The first-order valence-corrected chi connectivity index (χ1v) is 8.23. The molecule has 1 aliphatic heterocycles. The molecule has 0 atom stereocenters. The highest BCUT2D eigenvalue weighted by molar-refractivity contribution is 5.43. The van der Waals surface area contributed by atoms with E-state index < -0.39 is 0 Å². The summed E-state index contributed by atoms with van der Waals surface area (Å²) in [5.41, 5.74) is 4.16. The van der Waals surface area contributed by atoms with Gasteiger partial charge in [-0.3, -0.25) is 0 Å². The van der Waals surface area contributed by atoms with Crippen molar-refractivity contribution in [2.24, 2.45) is 5.92 Å². The molecule has 3 heteroatoms. The van der Waals surface area contributed by atoms with Gasteiger partial charge in [0.2, 0.25) is 0 Å². The first-order valence-electron chi connectivity index (χ1n) is 8.23. The molecule has 1 saturated heterocycles. The zero-order valence-electron chi connectivity index (χ0n) is 14.0. The van der Waals surface area contributed by atoms with Gasteiger partial charge >= 0.3 is 0 Å². The molecular weight excluding hydrogens is 260 g/mol. The third kappa shape index (κ3) is 4.72. The largest absolute Gasteiger partial charge is 0.493 e. The van der Waals surface area contributed by atoms with E-state index in [1.54, 1.807) is 0 Å². The summed E-state index contributed by atoms with van der Waals surface area (Å²) in [5.74, 6) is 1.62. The molecule has 0 bridgehead atoms. The van der Waals surface area contributed by atoms with Gasteiger partial charge in [0.1, 0.15) is 5.75 Å². The van der Waals surface area contributed by atoms with Crippen LogP contribution in [0.3, 0.4) is 0 Å². The summed E-state index contributed by atoms with van der Waals surface area (Å²) in [7, 11) is 0. The van der Waals surface area contributed by atoms with Gasteiger partial charge in [-0.2, -0.15) is 0 Å². The molecule has 0 aromatic heterocycles. The van der Waals surface area contributed by atoms with Crippen molar-refractivity contribution in [3.8, 4) is 5.75 Å². The van der Waals surface area contributed by atoms with Crippen molar-refractivity contribution in [3.05, 3.63) is 28.8 Å². The van der Waals surface area contributed by atoms with Crippen LogP contribution in [0, 0.1) is 19.8 Å². The van der Waals surface area contributed by atoms with E-state index in [2.05, 4.69) is 50.0 Å². The van der Waals surface area contributed by atoms with E-state index >= 15 is 0 Å². The molecule has 2 rings (SSSR count). The van der Waals surface area contributed by atoms with Crippen LogP contribution in [0.2, 0.25) is 0 Å².